The van der Waals surface area contributed by atoms with Crippen molar-refractivity contribution in [1.82, 2.24) is 9.78 Å². The monoisotopic (exact) mass is 256 g/mol. The fraction of sp³-hybridized carbons (Fsp3) is 0.200. The van der Waals surface area contributed by atoms with Crippen LogP contribution < -0.4 is 5.56 Å². The van der Waals surface area contributed by atoms with Crippen molar-refractivity contribution in [3.05, 3.63) is 63.8 Å². The smallest absolute Gasteiger partial charge is 0.267 e. The standard InChI is InChI=1S/C15H13FN2O/c1-11(2)18-15(19)10-9-14(17-18)8-5-12-3-6-13(16)7-4-12/h3-4,6-7,9-11H,1-2H3. The highest BCUT2D eigenvalue weighted by atomic mass is 19.1. The quantitative estimate of drug-likeness (QED) is 0.734. The topological polar surface area (TPSA) is 34.9 Å². The summed E-state index contributed by atoms with van der Waals surface area (Å²) in [5.74, 6) is 5.44. The molecule has 0 unspecified atom stereocenters. The van der Waals surface area contributed by atoms with E-state index in [1.54, 1.807) is 18.2 Å². The molecule has 3 nitrogen and oxygen atoms in total. The van der Waals surface area contributed by atoms with E-state index in [2.05, 4.69) is 16.9 Å². The first-order chi connectivity index (χ1) is 9.06. The minimum Gasteiger partial charge on any atom is -0.268 e. The molecule has 19 heavy (non-hydrogen) atoms. The molecule has 1 aromatic heterocycles. The molecule has 0 radical (unpaired) electrons. The average molecular weight is 256 g/mol. The molecule has 2 aromatic rings. The van der Waals surface area contributed by atoms with Crippen molar-refractivity contribution in [1.29, 1.82) is 0 Å². The van der Waals surface area contributed by atoms with Crippen LogP contribution in [0.15, 0.2) is 41.2 Å². The van der Waals surface area contributed by atoms with Crippen LogP contribution in [0.1, 0.15) is 31.1 Å². The molecule has 0 amide bonds. The maximum atomic E-state index is 12.7. The molecule has 0 aliphatic carbocycles. The number of hydrogen-bond donors (Lipinski definition) is 0. The third-order valence-electron chi connectivity index (χ3n) is 2.49. The maximum Gasteiger partial charge on any atom is 0.267 e. The second-order valence-corrected chi connectivity index (χ2v) is 4.35. The van der Waals surface area contributed by atoms with Crippen LogP contribution in [-0.4, -0.2) is 9.78 Å². The van der Waals surface area contributed by atoms with E-state index in [1.165, 1.54) is 22.9 Å². The molecule has 0 atom stereocenters. The molecule has 1 heterocycles. The molecule has 0 aliphatic rings. The predicted molar refractivity (Wildman–Crippen MR) is 71.3 cm³/mol. The largest absolute Gasteiger partial charge is 0.268 e. The first-order valence-electron chi connectivity index (χ1n) is 5.94. The van der Waals surface area contributed by atoms with Crippen molar-refractivity contribution in [3.8, 4) is 11.8 Å². The van der Waals surface area contributed by atoms with Crippen molar-refractivity contribution in [2.75, 3.05) is 0 Å². The van der Waals surface area contributed by atoms with Gasteiger partial charge in [-0.25, -0.2) is 9.07 Å². The summed E-state index contributed by atoms with van der Waals surface area (Å²) in [6, 6.07) is 8.92. The molecule has 0 saturated carbocycles. The lowest BCUT2D eigenvalue weighted by Crippen LogP contribution is -2.24. The molecule has 0 saturated heterocycles. The van der Waals surface area contributed by atoms with E-state index in [0.29, 0.717) is 11.3 Å². The number of halogens is 1. The third kappa shape index (κ3) is 3.29. The minimum atomic E-state index is -0.294. The fourth-order valence-corrected chi connectivity index (χ4v) is 1.53. The molecule has 2 rings (SSSR count). The molecule has 0 fully saturated rings. The first-order valence-corrected chi connectivity index (χ1v) is 5.94. The summed E-state index contributed by atoms with van der Waals surface area (Å²) in [4.78, 5) is 11.5. The summed E-state index contributed by atoms with van der Waals surface area (Å²) < 4.78 is 14.1. The lowest BCUT2D eigenvalue weighted by atomic mass is 10.2. The van der Waals surface area contributed by atoms with Gasteiger partial charge in [-0.3, -0.25) is 4.79 Å². The van der Waals surface area contributed by atoms with E-state index in [4.69, 9.17) is 0 Å². The van der Waals surface area contributed by atoms with E-state index in [9.17, 15) is 9.18 Å². The van der Waals surface area contributed by atoms with Crippen LogP contribution in [0.25, 0.3) is 0 Å². The van der Waals surface area contributed by atoms with E-state index in [1.807, 2.05) is 13.8 Å². The summed E-state index contributed by atoms with van der Waals surface area (Å²) in [5.41, 5.74) is 1.06. The SMILES string of the molecule is CC(C)n1nc(C#Cc2ccc(F)cc2)ccc1=O. The second-order valence-electron chi connectivity index (χ2n) is 4.35. The van der Waals surface area contributed by atoms with Crippen molar-refractivity contribution in [2.24, 2.45) is 0 Å². The van der Waals surface area contributed by atoms with Gasteiger partial charge in [0.05, 0.1) is 6.04 Å². The van der Waals surface area contributed by atoms with Gasteiger partial charge < -0.3 is 0 Å². The summed E-state index contributed by atoms with van der Waals surface area (Å²) in [7, 11) is 0. The predicted octanol–water partition coefficient (Wildman–Crippen LogP) is 2.36. The number of hydrogen-bond acceptors (Lipinski definition) is 2. The van der Waals surface area contributed by atoms with Gasteiger partial charge in [0, 0.05) is 11.6 Å². The summed E-state index contributed by atoms with van der Waals surface area (Å²) in [5, 5.41) is 4.16. The van der Waals surface area contributed by atoms with Crippen LogP contribution in [0.4, 0.5) is 4.39 Å². The van der Waals surface area contributed by atoms with Crippen LogP contribution in [0.5, 0.6) is 0 Å². The lowest BCUT2D eigenvalue weighted by Gasteiger charge is -2.07. The number of rotatable bonds is 1. The Balaban J connectivity index is 2.32. The Morgan fingerprint density at radius 1 is 1.11 bits per heavy atom. The van der Waals surface area contributed by atoms with Crippen molar-refractivity contribution in [3.63, 3.8) is 0 Å². The molecule has 0 bridgehead atoms. The van der Waals surface area contributed by atoms with Gasteiger partial charge in [-0.05, 0) is 50.1 Å². The highest BCUT2D eigenvalue weighted by Crippen LogP contribution is 2.01. The minimum absolute atomic E-state index is 0.0138. The van der Waals surface area contributed by atoms with E-state index in [-0.39, 0.29) is 17.4 Å². The van der Waals surface area contributed by atoms with Gasteiger partial charge in [0.25, 0.3) is 5.56 Å². The van der Waals surface area contributed by atoms with Gasteiger partial charge in [0.2, 0.25) is 0 Å². The molecule has 0 aliphatic heterocycles. The first kappa shape index (κ1) is 13.0. The Hall–Kier alpha value is -2.41. The van der Waals surface area contributed by atoms with E-state index in [0.717, 1.165) is 0 Å². The van der Waals surface area contributed by atoms with E-state index < -0.39 is 0 Å². The molecule has 1 aromatic carbocycles. The van der Waals surface area contributed by atoms with Crippen molar-refractivity contribution >= 4 is 0 Å². The molecule has 4 heteroatoms. The normalized spacial score (nSPS) is 10.1. The van der Waals surface area contributed by atoms with Crippen molar-refractivity contribution < 1.29 is 4.39 Å². The molecule has 0 spiro atoms. The zero-order chi connectivity index (χ0) is 13.8. The van der Waals surface area contributed by atoms with Crippen LogP contribution in [0, 0.1) is 17.7 Å². The lowest BCUT2D eigenvalue weighted by molar-refractivity contribution is 0.500. The molecular weight excluding hydrogens is 243 g/mol. The molecule has 96 valence electrons. The van der Waals surface area contributed by atoms with Crippen LogP contribution in [0.2, 0.25) is 0 Å². The van der Waals surface area contributed by atoms with Crippen LogP contribution in [-0.2, 0) is 0 Å². The van der Waals surface area contributed by atoms with Gasteiger partial charge in [0.1, 0.15) is 11.5 Å². The van der Waals surface area contributed by atoms with Crippen molar-refractivity contribution in [2.45, 2.75) is 19.9 Å². The van der Waals surface area contributed by atoms with Gasteiger partial charge in [-0.1, -0.05) is 5.92 Å². The highest BCUT2D eigenvalue weighted by molar-refractivity contribution is 5.39. The van der Waals surface area contributed by atoms with Gasteiger partial charge in [-0.2, -0.15) is 5.10 Å². The third-order valence-corrected chi connectivity index (χ3v) is 2.49. The Labute approximate surface area is 110 Å². The average Bonchev–Trinajstić information content (AvgIpc) is 2.39. The van der Waals surface area contributed by atoms with Crippen LogP contribution >= 0.6 is 0 Å². The number of aromatic nitrogens is 2. The zero-order valence-corrected chi connectivity index (χ0v) is 10.7. The summed E-state index contributed by atoms with van der Waals surface area (Å²) in [6.07, 6.45) is 0. The Morgan fingerprint density at radius 2 is 1.79 bits per heavy atom. The van der Waals surface area contributed by atoms with Gasteiger partial charge in [-0.15, -0.1) is 0 Å². The number of nitrogens with zero attached hydrogens (tertiary/aromatic N) is 2. The van der Waals surface area contributed by atoms with Crippen LogP contribution in [0.3, 0.4) is 0 Å². The summed E-state index contributed by atoms with van der Waals surface area (Å²) >= 11 is 0. The van der Waals surface area contributed by atoms with E-state index >= 15 is 0 Å². The fourth-order valence-electron chi connectivity index (χ4n) is 1.53. The van der Waals surface area contributed by atoms with Gasteiger partial charge >= 0.3 is 0 Å². The summed E-state index contributed by atoms with van der Waals surface area (Å²) in [6.45, 7) is 3.76. The zero-order valence-electron chi connectivity index (χ0n) is 10.7. The maximum absolute atomic E-state index is 12.7. The Morgan fingerprint density at radius 3 is 2.42 bits per heavy atom. The number of benzene rings is 1. The molecule has 0 N–H and O–H groups in total. The highest BCUT2D eigenvalue weighted by Gasteiger charge is 2.02. The second kappa shape index (κ2) is 5.49. The Bertz CT molecular complexity index is 691. The van der Waals surface area contributed by atoms with Gasteiger partial charge in [0.15, 0.2) is 0 Å². The Kier molecular flexibility index (Phi) is 3.76. The molecular formula is C15H13FN2O.